The number of imidazole rings is 1. The van der Waals surface area contributed by atoms with Crippen LogP contribution in [0.15, 0.2) is 12.4 Å². The molecular weight excluding hydrogens is 202 g/mol. The molecule has 1 rings (SSSR count). The molecule has 92 valence electrons. The van der Waals surface area contributed by atoms with E-state index in [-0.39, 0.29) is 6.10 Å². The second-order valence-electron chi connectivity index (χ2n) is 4.46. The molecule has 0 spiro atoms. The predicted octanol–water partition coefficient (Wildman–Crippen LogP) is 1.19. The number of nitrogens with zero attached hydrogens (tertiary/aromatic N) is 2. The van der Waals surface area contributed by atoms with Crippen molar-refractivity contribution in [2.24, 2.45) is 0 Å². The molecule has 4 heteroatoms. The first-order valence-electron chi connectivity index (χ1n) is 6.05. The van der Waals surface area contributed by atoms with Gasteiger partial charge in [0.05, 0.1) is 6.10 Å². The van der Waals surface area contributed by atoms with Gasteiger partial charge in [-0.3, -0.25) is 0 Å². The highest BCUT2D eigenvalue weighted by atomic mass is 16.3. The van der Waals surface area contributed by atoms with E-state index in [4.69, 9.17) is 0 Å². The Morgan fingerprint density at radius 3 is 2.88 bits per heavy atom. The summed E-state index contributed by atoms with van der Waals surface area (Å²) in [5, 5.41) is 13.1. The maximum absolute atomic E-state index is 9.85. The Morgan fingerprint density at radius 1 is 1.50 bits per heavy atom. The Balaban J connectivity index is 2.42. The number of aryl methyl sites for hydroxylation is 1. The van der Waals surface area contributed by atoms with Crippen LogP contribution in [0.2, 0.25) is 0 Å². The van der Waals surface area contributed by atoms with Crippen LogP contribution in [0, 0.1) is 0 Å². The molecule has 0 amide bonds. The summed E-state index contributed by atoms with van der Waals surface area (Å²) in [6.45, 7) is 7.88. The van der Waals surface area contributed by atoms with Gasteiger partial charge in [-0.15, -0.1) is 0 Å². The Kier molecular flexibility index (Phi) is 5.49. The number of aliphatic hydroxyl groups excluding tert-OH is 1. The second kappa shape index (κ2) is 6.66. The second-order valence-corrected chi connectivity index (χ2v) is 4.46. The molecule has 0 aromatic carbocycles. The van der Waals surface area contributed by atoms with Gasteiger partial charge < -0.3 is 15.0 Å². The lowest BCUT2D eigenvalue weighted by Crippen LogP contribution is -2.33. The molecule has 0 radical (unpaired) electrons. The molecule has 1 atom stereocenters. The van der Waals surface area contributed by atoms with E-state index in [1.165, 1.54) is 0 Å². The molecule has 0 saturated heterocycles. The highest BCUT2D eigenvalue weighted by Gasteiger charge is 2.10. The van der Waals surface area contributed by atoms with E-state index in [9.17, 15) is 5.11 Å². The third kappa shape index (κ3) is 4.33. The minimum Gasteiger partial charge on any atom is -0.391 e. The van der Waals surface area contributed by atoms with Gasteiger partial charge in [-0.2, -0.15) is 0 Å². The van der Waals surface area contributed by atoms with Gasteiger partial charge in [0, 0.05) is 37.9 Å². The number of aliphatic hydroxyl groups is 1. The molecular formula is C12H23N3O. The molecule has 1 aromatic rings. The summed E-state index contributed by atoms with van der Waals surface area (Å²) in [6.07, 6.45) is 5.12. The van der Waals surface area contributed by atoms with E-state index in [1.807, 2.05) is 6.20 Å². The Morgan fingerprint density at radius 2 is 2.25 bits per heavy atom. The van der Waals surface area contributed by atoms with Crippen LogP contribution in [-0.4, -0.2) is 33.3 Å². The van der Waals surface area contributed by atoms with Crippen LogP contribution in [0.1, 0.15) is 33.0 Å². The molecule has 4 nitrogen and oxygen atoms in total. The average Bonchev–Trinajstić information content (AvgIpc) is 2.63. The first-order valence-corrected chi connectivity index (χ1v) is 6.05. The Labute approximate surface area is 97.7 Å². The number of nitrogens with one attached hydrogen (secondary N) is 1. The molecule has 0 aliphatic heterocycles. The zero-order valence-corrected chi connectivity index (χ0v) is 10.5. The smallest absolute Gasteiger partial charge is 0.111 e. The van der Waals surface area contributed by atoms with Crippen molar-refractivity contribution in [2.45, 2.75) is 52.3 Å². The Hall–Kier alpha value is -0.870. The lowest BCUT2D eigenvalue weighted by molar-refractivity contribution is 0.165. The Bertz CT molecular complexity index is 296. The largest absolute Gasteiger partial charge is 0.391 e. The lowest BCUT2D eigenvalue weighted by Gasteiger charge is -2.14. The predicted molar refractivity (Wildman–Crippen MR) is 65.4 cm³/mol. The van der Waals surface area contributed by atoms with E-state index >= 15 is 0 Å². The monoisotopic (exact) mass is 225 g/mol. The topological polar surface area (TPSA) is 50.1 Å². The normalized spacial score (nSPS) is 13.3. The summed E-state index contributed by atoms with van der Waals surface area (Å²) < 4.78 is 2.11. The maximum atomic E-state index is 9.85. The number of aromatic nitrogens is 2. The van der Waals surface area contributed by atoms with Crippen molar-refractivity contribution in [3.05, 3.63) is 18.2 Å². The molecule has 2 N–H and O–H groups in total. The molecule has 1 heterocycles. The molecule has 1 unspecified atom stereocenters. The van der Waals surface area contributed by atoms with Crippen LogP contribution in [0.25, 0.3) is 0 Å². The fourth-order valence-corrected chi connectivity index (χ4v) is 1.63. The van der Waals surface area contributed by atoms with Crippen molar-refractivity contribution < 1.29 is 5.11 Å². The van der Waals surface area contributed by atoms with Gasteiger partial charge in [0.2, 0.25) is 0 Å². The van der Waals surface area contributed by atoms with Crippen LogP contribution in [0.4, 0.5) is 0 Å². The molecule has 16 heavy (non-hydrogen) atoms. The lowest BCUT2D eigenvalue weighted by atomic mass is 10.2. The van der Waals surface area contributed by atoms with E-state index < -0.39 is 0 Å². The number of hydrogen-bond acceptors (Lipinski definition) is 3. The van der Waals surface area contributed by atoms with Crippen molar-refractivity contribution in [1.82, 2.24) is 14.9 Å². The van der Waals surface area contributed by atoms with Crippen molar-refractivity contribution in [3.63, 3.8) is 0 Å². The number of rotatable bonds is 7. The number of hydrogen-bond donors (Lipinski definition) is 2. The van der Waals surface area contributed by atoms with Crippen LogP contribution >= 0.6 is 0 Å². The zero-order chi connectivity index (χ0) is 12.0. The first-order chi connectivity index (χ1) is 7.63. The minimum absolute atomic E-state index is 0.361. The highest BCUT2D eigenvalue weighted by molar-refractivity contribution is 4.94. The van der Waals surface area contributed by atoms with Crippen LogP contribution in [0.5, 0.6) is 0 Å². The molecule has 0 fully saturated rings. The summed E-state index contributed by atoms with van der Waals surface area (Å²) >= 11 is 0. The average molecular weight is 225 g/mol. The van der Waals surface area contributed by atoms with Gasteiger partial charge in [0.1, 0.15) is 5.82 Å². The van der Waals surface area contributed by atoms with E-state index in [2.05, 4.69) is 35.6 Å². The van der Waals surface area contributed by atoms with Crippen molar-refractivity contribution >= 4 is 0 Å². The van der Waals surface area contributed by atoms with Crippen LogP contribution in [-0.2, 0) is 13.0 Å². The summed E-state index contributed by atoms with van der Waals surface area (Å²) in [5.41, 5.74) is 0. The van der Waals surface area contributed by atoms with Gasteiger partial charge >= 0.3 is 0 Å². The maximum Gasteiger partial charge on any atom is 0.111 e. The standard InChI is InChI=1S/C12H23N3O/c1-4-6-15-7-5-13-12(15)8-11(16)9-14-10(2)3/h5,7,10-11,14,16H,4,6,8-9H2,1-3H3. The molecule has 0 aliphatic carbocycles. The fourth-order valence-electron chi connectivity index (χ4n) is 1.63. The zero-order valence-electron chi connectivity index (χ0n) is 10.5. The summed E-state index contributed by atoms with van der Waals surface area (Å²) in [7, 11) is 0. The summed E-state index contributed by atoms with van der Waals surface area (Å²) in [6, 6.07) is 0.407. The quantitative estimate of drug-likeness (QED) is 0.733. The van der Waals surface area contributed by atoms with Crippen LogP contribution < -0.4 is 5.32 Å². The van der Waals surface area contributed by atoms with Gasteiger partial charge in [0.15, 0.2) is 0 Å². The van der Waals surface area contributed by atoms with Crippen LogP contribution in [0.3, 0.4) is 0 Å². The highest BCUT2D eigenvalue weighted by Crippen LogP contribution is 2.03. The SMILES string of the molecule is CCCn1ccnc1CC(O)CNC(C)C. The van der Waals surface area contributed by atoms with Crippen molar-refractivity contribution in [1.29, 1.82) is 0 Å². The fraction of sp³-hybridized carbons (Fsp3) is 0.750. The third-order valence-electron chi connectivity index (χ3n) is 2.45. The third-order valence-corrected chi connectivity index (χ3v) is 2.45. The summed E-state index contributed by atoms with van der Waals surface area (Å²) in [5.74, 6) is 0.972. The minimum atomic E-state index is -0.361. The van der Waals surface area contributed by atoms with E-state index in [0.717, 1.165) is 18.8 Å². The molecule has 0 aliphatic rings. The van der Waals surface area contributed by atoms with Gasteiger partial charge in [-0.05, 0) is 6.42 Å². The molecule has 0 saturated carbocycles. The molecule has 1 aromatic heterocycles. The first kappa shape index (κ1) is 13.2. The van der Waals surface area contributed by atoms with Crippen molar-refractivity contribution in [2.75, 3.05) is 6.54 Å². The van der Waals surface area contributed by atoms with E-state index in [1.54, 1.807) is 6.20 Å². The van der Waals surface area contributed by atoms with Gasteiger partial charge in [-0.25, -0.2) is 4.98 Å². The van der Waals surface area contributed by atoms with Crippen molar-refractivity contribution in [3.8, 4) is 0 Å². The molecule has 0 bridgehead atoms. The van der Waals surface area contributed by atoms with Gasteiger partial charge in [-0.1, -0.05) is 20.8 Å². The van der Waals surface area contributed by atoms with Gasteiger partial charge in [0.25, 0.3) is 0 Å². The van der Waals surface area contributed by atoms with E-state index in [0.29, 0.717) is 19.0 Å². The summed E-state index contributed by atoms with van der Waals surface area (Å²) in [4.78, 5) is 4.28.